The zero-order chi connectivity index (χ0) is 26.1. The highest BCUT2D eigenvalue weighted by Gasteiger charge is 2.23. The fourth-order valence-electron chi connectivity index (χ4n) is 4.07. The molecule has 36 heavy (non-hydrogen) atoms. The van der Waals surface area contributed by atoms with Gasteiger partial charge in [0.15, 0.2) is 5.43 Å². The van der Waals surface area contributed by atoms with Gasteiger partial charge in [-0.1, -0.05) is 55.8 Å². The second-order valence-electron chi connectivity index (χ2n) is 9.58. The van der Waals surface area contributed by atoms with Crippen LogP contribution in [-0.4, -0.2) is 48.4 Å². The molecule has 0 fully saturated rings. The largest absolute Gasteiger partial charge is 0.464 e. The van der Waals surface area contributed by atoms with Crippen molar-refractivity contribution in [2.45, 2.75) is 46.7 Å². The Labute approximate surface area is 212 Å². The van der Waals surface area contributed by atoms with E-state index >= 15 is 0 Å². The van der Waals surface area contributed by atoms with E-state index in [2.05, 4.69) is 0 Å². The van der Waals surface area contributed by atoms with Crippen molar-refractivity contribution in [2.24, 2.45) is 5.92 Å². The highest BCUT2D eigenvalue weighted by atomic mass is 16.5. The maximum Gasteiger partial charge on any atom is 0.242 e. The van der Waals surface area contributed by atoms with Crippen LogP contribution in [0.2, 0.25) is 0 Å². The summed E-state index contributed by atoms with van der Waals surface area (Å²) >= 11 is 0. The van der Waals surface area contributed by atoms with Gasteiger partial charge in [-0.3, -0.25) is 14.4 Å². The van der Waals surface area contributed by atoms with Gasteiger partial charge in [0, 0.05) is 33.2 Å². The molecule has 3 aromatic rings. The standard InChI is InChI=1S/C29H36N2O5/c1-21(2)15-27(32)30(13-8-14-35-4)19-28(33)31(17-23-9-6-5-7-10-23)18-24-20-36-26-12-11-22(3)16-25(26)29(24)34/h5-7,9-12,16,20-21H,8,13-15,17-19H2,1-4H3. The van der Waals surface area contributed by atoms with Crippen molar-refractivity contribution < 1.29 is 18.7 Å². The molecule has 2 amide bonds. The predicted octanol–water partition coefficient (Wildman–Crippen LogP) is 4.54. The lowest BCUT2D eigenvalue weighted by Crippen LogP contribution is -2.43. The Morgan fingerprint density at radius 3 is 2.44 bits per heavy atom. The van der Waals surface area contributed by atoms with Crippen molar-refractivity contribution in [3.63, 3.8) is 0 Å². The van der Waals surface area contributed by atoms with Gasteiger partial charge >= 0.3 is 0 Å². The van der Waals surface area contributed by atoms with E-state index in [9.17, 15) is 14.4 Å². The molecule has 192 valence electrons. The molecule has 0 unspecified atom stereocenters. The number of nitrogens with zero attached hydrogens (tertiary/aromatic N) is 2. The number of fused-ring (bicyclic) bond motifs is 1. The van der Waals surface area contributed by atoms with Crippen molar-refractivity contribution in [2.75, 3.05) is 26.8 Å². The molecular weight excluding hydrogens is 456 g/mol. The van der Waals surface area contributed by atoms with Crippen LogP contribution >= 0.6 is 0 Å². The molecule has 0 saturated heterocycles. The second kappa shape index (κ2) is 13.0. The number of methoxy groups -OCH3 is 1. The Bertz CT molecular complexity index is 1220. The first-order chi connectivity index (χ1) is 17.3. The Hall–Kier alpha value is -3.45. The number of aryl methyl sites for hydroxylation is 1. The van der Waals surface area contributed by atoms with Gasteiger partial charge in [0.05, 0.1) is 30.3 Å². The molecule has 0 N–H and O–H groups in total. The third kappa shape index (κ3) is 7.52. The van der Waals surface area contributed by atoms with Crippen LogP contribution in [0.25, 0.3) is 11.0 Å². The molecule has 3 rings (SSSR count). The molecule has 0 aliphatic carbocycles. The average molecular weight is 493 g/mol. The molecular formula is C29H36N2O5. The van der Waals surface area contributed by atoms with E-state index in [0.29, 0.717) is 49.1 Å². The van der Waals surface area contributed by atoms with E-state index < -0.39 is 0 Å². The number of benzene rings is 2. The number of carbonyl (C=O) groups excluding carboxylic acids is 2. The first kappa shape index (κ1) is 27.1. The molecule has 0 saturated carbocycles. The van der Waals surface area contributed by atoms with Gasteiger partial charge in [0.2, 0.25) is 11.8 Å². The number of carbonyl (C=O) groups is 2. The zero-order valence-corrected chi connectivity index (χ0v) is 21.7. The summed E-state index contributed by atoms with van der Waals surface area (Å²) < 4.78 is 10.9. The molecule has 1 heterocycles. The van der Waals surface area contributed by atoms with Crippen LogP contribution in [0, 0.1) is 12.8 Å². The number of amides is 2. The lowest BCUT2D eigenvalue weighted by Gasteiger charge is -2.28. The van der Waals surface area contributed by atoms with Gasteiger partial charge in [0.25, 0.3) is 0 Å². The highest BCUT2D eigenvalue weighted by Crippen LogP contribution is 2.16. The van der Waals surface area contributed by atoms with Crippen LogP contribution in [0.15, 0.2) is 64.0 Å². The molecule has 0 atom stereocenters. The van der Waals surface area contributed by atoms with E-state index in [-0.39, 0.29) is 36.3 Å². The number of hydrogen-bond acceptors (Lipinski definition) is 5. The lowest BCUT2D eigenvalue weighted by atomic mass is 10.1. The van der Waals surface area contributed by atoms with E-state index in [1.807, 2.05) is 57.2 Å². The number of hydrogen-bond donors (Lipinski definition) is 0. The molecule has 0 bridgehead atoms. The van der Waals surface area contributed by atoms with E-state index in [4.69, 9.17) is 9.15 Å². The topological polar surface area (TPSA) is 80.1 Å². The third-order valence-electron chi connectivity index (χ3n) is 5.97. The molecule has 7 nitrogen and oxygen atoms in total. The number of rotatable bonds is 12. The van der Waals surface area contributed by atoms with Crippen LogP contribution < -0.4 is 5.43 Å². The van der Waals surface area contributed by atoms with Crippen molar-refractivity contribution in [1.82, 2.24) is 9.80 Å². The van der Waals surface area contributed by atoms with Gasteiger partial charge < -0.3 is 19.0 Å². The Balaban J connectivity index is 1.88. The Kier molecular flexibility index (Phi) is 9.82. The van der Waals surface area contributed by atoms with Crippen LogP contribution in [0.4, 0.5) is 0 Å². The van der Waals surface area contributed by atoms with Crippen LogP contribution in [-0.2, 0) is 27.4 Å². The Morgan fingerprint density at radius 1 is 1.00 bits per heavy atom. The summed E-state index contributed by atoms with van der Waals surface area (Å²) in [5.41, 5.74) is 2.65. The van der Waals surface area contributed by atoms with Crippen molar-refractivity contribution in [1.29, 1.82) is 0 Å². The van der Waals surface area contributed by atoms with E-state index in [0.717, 1.165) is 11.1 Å². The summed E-state index contributed by atoms with van der Waals surface area (Å²) in [6, 6.07) is 15.1. The fraction of sp³-hybridized carbons (Fsp3) is 0.414. The SMILES string of the molecule is COCCCN(CC(=O)N(Cc1ccccc1)Cc1coc2ccc(C)cc2c1=O)C(=O)CC(C)C. The first-order valence-electron chi connectivity index (χ1n) is 12.4. The minimum Gasteiger partial charge on any atom is -0.464 e. The Morgan fingerprint density at radius 2 is 1.75 bits per heavy atom. The number of ether oxygens (including phenoxy) is 1. The maximum atomic E-state index is 13.6. The minimum atomic E-state index is -0.225. The van der Waals surface area contributed by atoms with Gasteiger partial charge in [-0.15, -0.1) is 0 Å². The van der Waals surface area contributed by atoms with Gasteiger partial charge in [-0.2, -0.15) is 0 Å². The maximum absolute atomic E-state index is 13.6. The average Bonchev–Trinajstić information content (AvgIpc) is 2.85. The normalized spacial score (nSPS) is 11.1. The molecule has 2 aromatic carbocycles. The molecule has 0 radical (unpaired) electrons. The third-order valence-corrected chi connectivity index (χ3v) is 5.97. The molecule has 7 heteroatoms. The molecule has 1 aromatic heterocycles. The fourth-order valence-corrected chi connectivity index (χ4v) is 4.07. The van der Waals surface area contributed by atoms with Crippen molar-refractivity contribution in [3.05, 3.63) is 81.7 Å². The zero-order valence-electron chi connectivity index (χ0n) is 21.7. The van der Waals surface area contributed by atoms with Gasteiger partial charge in [0.1, 0.15) is 5.58 Å². The van der Waals surface area contributed by atoms with Crippen LogP contribution in [0.1, 0.15) is 43.4 Å². The minimum absolute atomic E-state index is 0.0554. The molecule has 0 aliphatic heterocycles. The van der Waals surface area contributed by atoms with E-state index in [1.165, 1.54) is 6.26 Å². The summed E-state index contributed by atoms with van der Waals surface area (Å²) in [5.74, 6) is -0.101. The summed E-state index contributed by atoms with van der Waals surface area (Å²) in [7, 11) is 1.61. The summed E-state index contributed by atoms with van der Waals surface area (Å²) in [4.78, 5) is 43.0. The summed E-state index contributed by atoms with van der Waals surface area (Å²) in [6.07, 6.45) is 2.44. The van der Waals surface area contributed by atoms with Crippen molar-refractivity contribution >= 4 is 22.8 Å². The van der Waals surface area contributed by atoms with Crippen LogP contribution in [0.5, 0.6) is 0 Å². The van der Waals surface area contributed by atoms with Gasteiger partial charge in [-0.05, 0) is 37.0 Å². The molecule has 0 spiro atoms. The highest BCUT2D eigenvalue weighted by molar-refractivity contribution is 5.85. The predicted molar refractivity (Wildman–Crippen MR) is 140 cm³/mol. The van der Waals surface area contributed by atoms with Crippen LogP contribution in [0.3, 0.4) is 0 Å². The summed E-state index contributed by atoms with van der Waals surface area (Å²) in [6.45, 7) is 7.17. The second-order valence-corrected chi connectivity index (χ2v) is 9.58. The smallest absolute Gasteiger partial charge is 0.242 e. The lowest BCUT2D eigenvalue weighted by molar-refractivity contribution is -0.141. The van der Waals surface area contributed by atoms with E-state index in [1.54, 1.807) is 29.0 Å². The van der Waals surface area contributed by atoms with Crippen molar-refractivity contribution in [3.8, 4) is 0 Å². The summed E-state index contributed by atoms with van der Waals surface area (Å²) in [5, 5.41) is 0.493. The first-order valence-corrected chi connectivity index (χ1v) is 12.4. The van der Waals surface area contributed by atoms with Gasteiger partial charge in [-0.25, -0.2) is 0 Å². The quantitative estimate of drug-likeness (QED) is 0.347. The molecule has 0 aliphatic rings. The monoisotopic (exact) mass is 492 g/mol.